The van der Waals surface area contributed by atoms with Crippen LogP contribution in [-0.2, 0) is 33.2 Å². The molecule has 0 atom stereocenters. The van der Waals surface area contributed by atoms with Gasteiger partial charge in [-0.2, -0.15) is 0 Å². The van der Waals surface area contributed by atoms with Gasteiger partial charge in [0, 0.05) is 13.2 Å². The van der Waals surface area contributed by atoms with E-state index in [2.05, 4.69) is 5.32 Å². The minimum atomic E-state index is -0.473. The van der Waals surface area contributed by atoms with Crippen molar-refractivity contribution in [2.24, 2.45) is 0 Å². The Bertz CT molecular complexity index is 392. The average Bonchev–Trinajstić information content (AvgIpc) is 2.70. The van der Waals surface area contributed by atoms with Crippen LogP contribution < -0.4 is 5.32 Å². The third-order valence-electron chi connectivity index (χ3n) is 3.48. The molecular weight excluding hydrogens is 410 g/mol. The molecular formula is C21H43NO9. The summed E-state index contributed by atoms with van der Waals surface area (Å²) in [5.74, 6) is 0. The molecule has 0 saturated carbocycles. The molecule has 1 amide bonds. The Morgan fingerprint density at radius 2 is 1.03 bits per heavy atom. The Kier molecular flexibility index (Phi) is 21.5. The van der Waals surface area contributed by atoms with Crippen molar-refractivity contribution in [3.63, 3.8) is 0 Å². The third kappa shape index (κ3) is 27.0. The molecule has 0 aliphatic heterocycles. The number of aliphatic hydroxyl groups is 1. The minimum absolute atomic E-state index is 0.0277. The van der Waals surface area contributed by atoms with E-state index >= 15 is 0 Å². The molecule has 0 aromatic rings. The zero-order valence-corrected chi connectivity index (χ0v) is 19.5. The fourth-order valence-electron chi connectivity index (χ4n) is 2.10. The number of hydrogen-bond acceptors (Lipinski definition) is 9. The second-order valence-electron chi connectivity index (χ2n) is 7.53. The van der Waals surface area contributed by atoms with Gasteiger partial charge in [-0.15, -0.1) is 0 Å². The summed E-state index contributed by atoms with van der Waals surface area (Å²) in [6.07, 6.45) is 1.31. The summed E-state index contributed by atoms with van der Waals surface area (Å²) in [6.45, 7) is 12.2. The molecule has 0 aliphatic carbocycles. The molecule has 10 nitrogen and oxygen atoms in total. The first-order valence-electron chi connectivity index (χ1n) is 11.0. The maximum absolute atomic E-state index is 11.5. The summed E-state index contributed by atoms with van der Waals surface area (Å²) >= 11 is 0. The van der Waals surface area contributed by atoms with Crippen LogP contribution in [0.15, 0.2) is 0 Å². The lowest BCUT2D eigenvalue weighted by Crippen LogP contribution is -2.33. The van der Waals surface area contributed by atoms with E-state index in [0.717, 1.165) is 12.8 Å². The number of ether oxygens (including phenoxy) is 7. The first-order chi connectivity index (χ1) is 15.0. The van der Waals surface area contributed by atoms with Crippen molar-refractivity contribution in [3.8, 4) is 0 Å². The van der Waals surface area contributed by atoms with E-state index in [1.165, 1.54) is 0 Å². The normalized spacial score (nSPS) is 11.6. The van der Waals surface area contributed by atoms with Gasteiger partial charge < -0.3 is 43.6 Å². The van der Waals surface area contributed by atoms with E-state index < -0.39 is 5.60 Å². The molecule has 0 aromatic carbocycles. The highest BCUT2D eigenvalue weighted by Crippen LogP contribution is 2.06. The van der Waals surface area contributed by atoms with E-state index in [-0.39, 0.29) is 12.7 Å². The van der Waals surface area contributed by atoms with Crippen LogP contribution >= 0.6 is 0 Å². The number of amides is 1. The number of carbonyl (C=O) groups excluding carboxylic acids is 1. The lowest BCUT2D eigenvalue weighted by molar-refractivity contribution is -0.0182. The maximum Gasteiger partial charge on any atom is 0.407 e. The predicted molar refractivity (Wildman–Crippen MR) is 115 cm³/mol. The average molecular weight is 454 g/mol. The van der Waals surface area contributed by atoms with E-state index in [0.29, 0.717) is 85.8 Å². The van der Waals surface area contributed by atoms with Crippen molar-refractivity contribution in [1.29, 1.82) is 0 Å². The molecule has 0 rings (SSSR count). The number of unbranched alkanes of at least 4 members (excludes halogenated alkanes) is 1. The van der Waals surface area contributed by atoms with Crippen LogP contribution in [0, 0.1) is 0 Å². The van der Waals surface area contributed by atoms with Crippen LogP contribution in [-0.4, -0.2) is 109 Å². The number of nitrogens with one attached hydrogen (secondary N) is 1. The molecule has 0 unspecified atom stereocenters. The summed E-state index contributed by atoms with van der Waals surface area (Å²) < 4.78 is 37.2. The van der Waals surface area contributed by atoms with Crippen molar-refractivity contribution in [2.45, 2.75) is 39.2 Å². The first kappa shape index (κ1) is 30.0. The van der Waals surface area contributed by atoms with E-state index in [4.69, 9.17) is 38.3 Å². The standard InChI is InChI=1S/C21H43NO9/c1-21(2,3)31-20(24)22-6-4-5-8-25-10-12-27-14-16-29-18-19-30-17-15-28-13-11-26-9-7-23/h23H,4-19H2,1-3H3,(H,22,24). The lowest BCUT2D eigenvalue weighted by atomic mass is 10.2. The Labute approximate surface area is 186 Å². The number of rotatable bonds is 22. The zero-order valence-electron chi connectivity index (χ0n) is 19.5. The van der Waals surface area contributed by atoms with Crippen LogP contribution in [0.5, 0.6) is 0 Å². The van der Waals surface area contributed by atoms with Gasteiger partial charge in [0.2, 0.25) is 0 Å². The van der Waals surface area contributed by atoms with Gasteiger partial charge in [-0.25, -0.2) is 4.79 Å². The second kappa shape index (κ2) is 22.2. The Balaban J connectivity index is 3.10. The van der Waals surface area contributed by atoms with Gasteiger partial charge in [-0.1, -0.05) is 0 Å². The molecule has 0 radical (unpaired) electrons. The number of alkyl carbamates (subject to hydrolysis) is 1. The summed E-state index contributed by atoms with van der Waals surface area (Å²) in [7, 11) is 0. The number of carbonyl (C=O) groups is 1. The van der Waals surface area contributed by atoms with Gasteiger partial charge in [-0.3, -0.25) is 0 Å². The van der Waals surface area contributed by atoms with Crippen LogP contribution in [0.4, 0.5) is 4.79 Å². The Morgan fingerprint density at radius 1 is 0.645 bits per heavy atom. The van der Waals surface area contributed by atoms with Crippen molar-refractivity contribution in [3.05, 3.63) is 0 Å². The van der Waals surface area contributed by atoms with Crippen LogP contribution in [0.2, 0.25) is 0 Å². The van der Waals surface area contributed by atoms with Crippen molar-refractivity contribution < 1.29 is 43.1 Å². The Morgan fingerprint density at radius 3 is 1.42 bits per heavy atom. The molecule has 31 heavy (non-hydrogen) atoms. The predicted octanol–water partition coefficient (Wildman–Crippen LogP) is 1.38. The summed E-state index contributed by atoms with van der Waals surface area (Å²) in [5.41, 5.74) is -0.473. The smallest absolute Gasteiger partial charge is 0.407 e. The SMILES string of the molecule is CC(C)(C)OC(=O)NCCCCOCCOCCOCCOCCOCCOCCO. The minimum Gasteiger partial charge on any atom is -0.444 e. The van der Waals surface area contributed by atoms with Gasteiger partial charge in [0.05, 0.1) is 79.3 Å². The number of hydrogen-bond donors (Lipinski definition) is 2. The monoisotopic (exact) mass is 453 g/mol. The topological polar surface area (TPSA) is 114 Å². The zero-order chi connectivity index (χ0) is 23.0. The highest BCUT2D eigenvalue weighted by molar-refractivity contribution is 5.67. The van der Waals surface area contributed by atoms with Gasteiger partial charge in [0.15, 0.2) is 0 Å². The molecule has 0 aliphatic rings. The number of aliphatic hydroxyl groups excluding tert-OH is 1. The van der Waals surface area contributed by atoms with Gasteiger partial charge >= 0.3 is 6.09 Å². The van der Waals surface area contributed by atoms with Gasteiger partial charge in [0.25, 0.3) is 0 Å². The van der Waals surface area contributed by atoms with E-state index in [1.807, 2.05) is 20.8 Å². The van der Waals surface area contributed by atoms with Crippen LogP contribution in [0.25, 0.3) is 0 Å². The highest BCUT2D eigenvalue weighted by atomic mass is 16.6. The largest absolute Gasteiger partial charge is 0.444 e. The second-order valence-corrected chi connectivity index (χ2v) is 7.53. The summed E-state index contributed by atoms with van der Waals surface area (Å²) in [4.78, 5) is 11.5. The quantitative estimate of drug-likeness (QED) is 0.235. The highest BCUT2D eigenvalue weighted by Gasteiger charge is 2.15. The molecule has 0 bridgehead atoms. The fourth-order valence-corrected chi connectivity index (χ4v) is 2.10. The lowest BCUT2D eigenvalue weighted by Gasteiger charge is -2.19. The van der Waals surface area contributed by atoms with Crippen molar-refractivity contribution >= 4 is 6.09 Å². The van der Waals surface area contributed by atoms with Crippen molar-refractivity contribution in [2.75, 3.05) is 92.4 Å². The molecule has 186 valence electrons. The fraction of sp³-hybridized carbons (Fsp3) is 0.952. The van der Waals surface area contributed by atoms with Crippen LogP contribution in [0.3, 0.4) is 0 Å². The first-order valence-corrected chi connectivity index (χ1v) is 11.0. The van der Waals surface area contributed by atoms with Gasteiger partial charge in [0.1, 0.15) is 5.60 Å². The molecule has 0 saturated heterocycles. The molecule has 2 N–H and O–H groups in total. The van der Waals surface area contributed by atoms with Crippen LogP contribution in [0.1, 0.15) is 33.6 Å². The van der Waals surface area contributed by atoms with Gasteiger partial charge in [-0.05, 0) is 33.6 Å². The molecule has 10 heteroatoms. The Hall–Kier alpha value is -1.01. The maximum atomic E-state index is 11.5. The summed E-state index contributed by atoms with van der Waals surface area (Å²) in [6, 6.07) is 0. The third-order valence-corrected chi connectivity index (χ3v) is 3.48. The van der Waals surface area contributed by atoms with E-state index in [9.17, 15) is 4.79 Å². The molecule has 0 spiro atoms. The summed E-state index contributed by atoms with van der Waals surface area (Å²) in [5, 5.41) is 11.3. The van der Waals surface area contributed by atoms with Crippen molar-refractivity contribution in [1.82, 2.24) is 5.32 Å². The molecule has 0 heterocycles. The molecule has 0 fully saturated rings. The van der Waals surface area contributed by atoms with E-state index in [1.54, 1.807) is 0 Å². The molecule has 0 aromatic heterocycles.